The minimum Gasteiger partial charge on any atom is -0.322 e. The summed E-state index contributed by atoms with van der Waals surface area (Å²) in [5.74, 6) is -0.423. The SMILES string of the molecule is Cc1cc(NC(=O)c2cccc(S(=O)(=O)NC(C)C3CC3)c2)ccc1F. The Hall–Kier alpha value is -2.25. The van der Waals surface area contributed by atoms with E-state index in [1.807, 2.05) is 6.92 Å². The molecule has 1 aliphatic carbocycles. The number of carbonyl (C=O) groups excluding carboxylic acids is 1. The Morgan fingerprint density at radius 1 is 1.19 bits per heavy atom. The first kappa shape index (κ1) is 18.5. The van der Waals surface area contributed by atoms with Gasteiger partial charge in [-0.05, 0) is 74.6 Å². The van der Waals surface area contributed by atoms with Crippen molar-refractivity contribution in [2.75, 3.05) is 5.32 Å². The van der Waals surface area contributed by atoms with Gasteiger partial charge in [-0.2, -0.15) is 0 Å². The number of hydrogen-bond acceptors (Lipinski definition) is 3. The van der Waals surface area contributed by atoms with Crippen molar-refractivity contribution in [1.82, 2.24) is 4.72 Å². The Labute approximate surface area is 152 Å². The fraction of sp³-hybridized carbons (Fsp3) is 0.316. The van der Waals surface area contributed by atoms with E-state index in [4.69, 9.17) is 0 Å². The topological polar surface area (TPSA) is 75.3 Å². The van der Waals surface area contributed by atoms with E-state index in [1.165, 1.54) is 42.5 Å². The molecule has 0 bridgehead atoms. The molecule has 138 valence electrons. The summed E-state index contributed by atoms with van der Waals surface area (Å²) in [6, 6.07) is 9.99. The molecule has 0 aliphatic heterocycles. The van der Waals surface area contributed by atoms with Crippen LogP contribution in [0.4, 0.5) is 10.1 Å². The number of benzene rings is 2. The monoisotopic (exact) mass is 376 g/mol. The molecule has 1 unspecified atom stereocenters. The highest BCUT2D eigenvalue weighted by Crippen LogP contribution is 2.33. The van der Waals surface area contributed by atoms with Crippen molar-refractivity contribution in [2.45, 2.75) is 37.6 Å². The lowest BCUT2D eigenvalue weighted by Crippen LogP contribution is -2.34. The standard InChI is InChI=1S/C19H21FN2O3S/c1-12-10-16(8-9-18(12)20)21-19(23)15-4-3-5-17(11-15)26(24,25)22-13(2)14-6-7-14/h3-5,8-11,13-14,22H,6-7H2,1-2H3,(H,21,23). The largest absolute Gasteiger partial charge is 0.322 e. The van der Waals surface area contributed by atoms with Gasteiger partial charge in [-0.15, -0.1) is 0 Å². The van der Waals surface area contributed by atoms with Crippen LogP contribution in [0.2, 0.25) is 0 Å². The molecule has 1 saturated carbocycles. The van der Waals surface area contributed by atoms with E-state index in [9.17, 15) is 17.6 Å². The Morgan fingerprint density at radius 3 is 2.58 bits per heavy atom. The number of halogens is 1. The van der Waals surface area contributed by atoms with Gasteiger partial charge in [0.05, 0.1) is 4.90 Å². The zero-order valence-electron chi connectivity index (χ0n) is 14.6. The van der Waals surface area contributed by atoms with Crippen LogP contribution in [-0.2, 0) is 10.0 Å². The highest BCUT2D eigenvalue weighted by Gasteiger charge is 2.31. The zero-order chi connectivity index (χ0) is 18.9. The van der Waals surface area contributed by atoms with E-state index in [0.29, 0.717) is 17.2 Å². The Bertz CT molecular complexity index is 940. The smallest absolute Gasteiger partial charge is 0.255 e. The highest BCUT2D eigenvalue weighted by atomic mass is 32.2. The van der Waals surface area contributed by atoms with Crippen LogP contribution < -0.4 is 10.0 Å². The minimum absolute atomic E-state index is 0.0490. The number of nitrogens with one attached hydrogen (secondary N) is 2. The molecule has 7 heteroatoms. The summed E-state index contributed by atoms with van der Waals surface area (Å²) in [5.41, 5.74) is 1.08. The fourth-order valence-electron chi connectivity index (χ4n) is 2.74. The third kappa shape index (κ3) is 4.28. The van der Waals surface area contributed by atoms with Crippen LogP contribution in [0.15, 0.2) is 47.4 Å². The average molecular weight is 376 g/mol. The molecule has 26 heavy (non-hydrogen) atoms. The molecule has 0 saturated heterocycles. The molecular formula is C19H21FN2O3S. The van der Waals surface area contributed by atoms with Crippen LogP contribution in [0.3, 0.4) is 0 Å². The van der Waals surface area contributed by atoms with Gasteiger partial charge >= 0.3 is 0 Å². The number of carbonyl (C=O) groups is 1. The summed E-state index contributed by atoms with van der Waals surface area (Å²) in [7, 11) is -3.69. The van der Waals surface area contributed by atoms with Crippen molar-refractivity contribution in [1.29, 1.82) is 0 Å². The molecule has 0 spiro atoms. The van der Waals surface area contributed by atoms with Crippen molar-refractivity contribution in [3.05, 3.63) is 59.4 Å². The van der Waals surface area contributed by atoms with Gasteiger partial charge in [0.15, 0.2) is 0 Å². The maximum absolute atomic E-state index is 13.3. The Kier molecular flexibility index (Phi) is 5.11. The fourth-order valence-corrected chi connectivity index (χ4v) is 4.09. The number of rotatable bonds is 6. The Morgan fingerprint density at radius 2 is 1.92 bits per heavy atom. The summed E-state index contributed by atoms with van der Waals surface area (Å²) >= 11 is 0. The molecule has 1 fully saturated rings. The molecule has 0 aromatic heterocycles. The number of hydrogen-bond donors (Lipinski definition) is 2. The van der Waals surface area contributed by atoms with E-state index in [-0.39, 0.29) is 22.3 Å². The maximum atomic E-state index is 13.3. The maximum Gasteiger partial charge on any atom is 0.255 e. The highest BCUT2D eigenvalue weighted by molar-refractivity contribution is 7.89. The lowest BCUT2D eigenvalue weighted by atomic mass is 10.2. The van der Waals surface area contributed by atoms with Gasteiger partial charge < -0.3 is 5.32 Å². The lowest BCUT2D eigenvalue weighted by Gasteiger charge is -2.14. The first-order chi connectivity index (χ1) is 12.3. The number of sulfonamides is 1. The van der Waals surface area contributed by atoms with Crippen molar-refractivity contribution in [2.24, 2.45) is 5.92 Å². The quantitative estimate of drug-likeness (QED) is 0.811. The van der Waals surface area contributed by atoms with Gasteiger partial charge in [0.1, 0.15) is 5.82 Å². The van der Waals surface area contributed by atoms with Gasteiger partial charge in [-0.25, -0.2) is 17.5 Å². The van der Waals surface area contributed by atoms with Gasteiger partial charge in [0.25, 0.3) is 5.91 Å². The third-order valence-electron chi connectivity index (χ3n) is 4.49. The second-order valence-corrected chi connectivity index (χ2v) is 8.41. The third-order valence-corrected chi connectivity index (χ3v) is 6.05. The van der Waals surface area contributed by atoms with Crippen LogP contribution >= 0.6 is 0 Å². The lowest BCUT2D eigenvalue weighted by molar-refractivity contribution is 0.102. The summed E-state index contributed by atoms with van der Waals surface area (Å²) in [6.07, 6.45) is 2.06. The van der Waals surface area contributed by atoms with E-state index in [0.717, 1.165) is 12.8 Å². The zero-order valence-corrected chi connectivity index (χ0v) is 15.4. The average Bonchev–Trinajstić information content (AvgIpc) is 3.43. The predicted octanol–water partition coefficient (Wildman–Crippen LogP) is 3.46. The molecule has 2 aromatic carbocycles. The van der Waals surface area contributed by atoms with Gasteiger partial charge in [0, 0.05) is 17.3 Å². The second-order valence-electron chi connectivity index (χ2n) is 6.69. The molecule has 3 rings (SSSR count). The van der Waals surface area contributed by atoms with E-state index in [2.05, 4.69) is 10.0 Å². The number of anilines is 1. The second kappa shape index (κ2) is 7.17. The van der Waals surface area contributed by atoms with Crippen LogP contribution in [0, 0.1) is 18.7 Å². The van der Waals surface area contributed by atoms with Crippen molar-refractivity contribution >= 4 is 21.6 Å². The first-order valence-electron chi connectivity index (χ1n) is 8.46. The van der Waals surface area contributed by atoms with E-state index in [1.54, 1.807) is 6.92 Å². The molecule has 0 heterocycles. The van der Waals surface area contributed by atoms with Crippen molar-refractivity contribution in [3.8, 4) is 0 Å². The molecule has 5 nitrogen and oxygen atoms in total. The molecule has 0 radical (unpaired) electrons. The summed E-state index contributed by atoms with van der Waals surface area (Å²) in [4.78, 5) is 12.5. The predicted molar refractivity (Wildman–Crippen MR) is 98.0 cm³/mol. The molecule has 1 aliphatic rings. The van der Waals surface area contributed by atoms with Crippen molar-refractivity contribution < 1.29 is 17.6 Å². The molecule has 2 N–H and O–H groups in total. The van der Waals surface area contributed by atoms with Crippen LogP contribution in [0.25, 0.3) is 0 Å². The first-order valence-corrected chi connectivity index (χ1v) is 9.94. The normalized spacial score (nSPS) is 15.5. The number of aryl methyl sites for hydroxylation is 1. The summed E-state index contributed by atoms with van der Waals surface area (Å²) in [6.45, 7) is 3.45. The van der Waals surface area contributed by atoms with Crippen LogP contribution in [0.5, 0.6) is 0 Å². The van der Waals surface area contributed by atoms with Gasteiger partial charge in [-0.3, -0.25) is 4.79 Å². The minimum atomic E-state index is -3.69. The van der Waals surface area contributed by atoms with E-state index < -0.39 is 15.9 Å². The number of amides is 1. The van der Waals surface area contributed by atoms with Crippen LogP contribution in [-0.4, -0.2) is 20.4 Å². The van der Waals surface area contributed by atoms with E-state index >= 15 is 0 Å². The Balaban J connectivity index is 1.77. The van der Waals surface area contributed by atoms with Crippen LogP contribution in [0.1, 0.15) is 35.7 Å². The molecular weight excluding hydrogens is 355 g/mol. The van der Waals surface area contributed by atoms with Gasteiger partial charge in [0.2, 0.25) is 10.0 Å². The molecule has 2 aromatic rings. The summed E-state index contributed by atoms with van der Waals surface area (Å²) < 4.78 is 41.0. The van der Waals surface area contributed by atoms with Crippen molar-refractivity contribution in [3.63, 3.8) is 0 Å². The van der Waals surface area contributed by atoms with Gasteiger partial charge in [-0.1, -0.05) is 6.07 Å². The summed E-state index contributed by atoms with van der Waals surface area (Å²) in [5, 5.41) is 2.65. The molecule has 1 atom stereocenters. The molecule has 1 amide bonds.